The summed E-state index contributed by atoms with van der Waals surface area (Å²) >= 11 is 0. The lowest BCUT2D eigenvalue weighted by atomic mass is 9.98. The van der Waals surface area contributed by atoms with Crippen LogP contribution in [-0.4, -0.2) is 36.9 Å². The highest BCUT2D eigenvalue weighted by molar-refractivity contribution is 6.07. The third-order valence-corrected chi connectivity index (χ3v) is 6.01. The Hall–Kier alpha value is -4.34. The highest BCUT2D eigenvalue weighted by atomic mass is 16.6. The van der Waals surface area contributed by atoms with Crippen LogP contribution in [0.3, 0.4) is 0 Å². The number of methoxy groups -OCH3 is 1. The molecule has 1 saturated heterocycles. The number of carbonyl (C=O) groups excluding carboxylic acids is 2. The molecule has 2 aromatic carbocycles. The van der Waals surface area contributed by atoms with E-state index in [1.165, 1.54) is 31.6 Å². The Labute approximate surface area is 202 Å². The summed E-state index contributed by atoms with van der Waals surface area (Å²) in [6, 6.07) is 12.4. The van der Waals surface area contributed by atoms with Gasteiger partial charge in [-0.25, -0.2) is 0 Å². The predicted octanol–water partition coefficient (Wildman–Crippen LogP) is 4.94. The number of furan rings is 1. The third kappa shape index (κ3) is 5.43. The Morgan fingerprint density at radius 1 is 1.09 bits per heavy atom. The average molecular weight is 479 g/mol. The van der Waals surface area contributed by atoms with Gasteiger partial charge in [-0.3, -0.25) is 19.7 Å². The Balaban J connectivity index is 1.55. The largest absolute Gasteiger partial charge is 0.495 e. The van der Waals surface area contributed by atoms with Gasteiger partial charge in [-0.05, 0) is 61.2 Å². The summed E-state index contributed by atoms with van der Waals surface area (Å²) in [7, 11) is 1.45. The van der Waals surface area contributed by atoms with Crippen molar-refractivity contribution in [2.45, 2.75) is 19.8 Å². The number of amides is 2. The molecule has 1 aliphatic rings. The zero-order valence-electron chi connectivity index (χ0n) is 19.4. The molecule has 0 bridgehead atoms. The average Bonchev–Trinajstić information content (AvgIpc) is 3.40. The number of piperidine rings is 1. The molecule has 10 heteroatoms. The molecule has 1 fully saturated rings. The van der Waals surface area contributed by atoms with Crippen LogP contribution in [0, 0.1) is 16.0 Å². The van der Waals surface area contributed by atoms with E-state index < -0.39 is 16.7 Å². The topological polar surface area (TPSA) is 127 Å². The number of nitrogens with zero attached hydrogens (tertiary/aromatic N) is 2. The van der Waals surface area contributed by atoms with Gasteiger partial charge >= 0.3 is 0 Å². The molecule has 2 N–H and O–H groups in total. The molecular weight excluding hydrogens is 452 g/mol. The number of hydrogen-bond donors (Lipinski definition) is 2. The Bertz CT molecular complexity index is 1230. The van der Waals surface area contributed by atoms with Gasteiger partial charge in [-0.2, -0.15) is 0 Å². The van der Waals surface area contributed by atoms with Crippen molar-refractivity contribution >= 4 is 34.6 Å². The fraction of sp³-hybridized carbons (Fsp3) is 0.280. The number of nitro groups is 1. The van der Waals surface area contributed by atoms with Crippen molar-refractivity contribution in [2.24, 2.45) is 5.92 Å². The van der Waals surface area contributed by atoms with Crippen LogP contribution in [0.4, 0.5) is 22.7 Å². The molecule has 0 unspecified atom stereocenters. The molecule has 0 aliphatic carbocycles. The summed E-state index contributed by atoms with van der Waals surface area (Å²) in [5.74, 6) is 0.102. The fourth-order valence-corrected chi connectivity index (χ4v) is 4.01. The van der Waals surface area contributed by atoms with Crippen LogP contribution >= 0.6 is 0 Å². The minimum atomic E-state index is -0.542. The van der Waals surface area contributed by atoms with E-state index in [2.05, 4.69) is 17.6 Å². The first-order valence-electron chi connectivity index (χ1n) is 11.2. The Morgan fingerprint density at radius 2 is 1.86 bits per heavy atom. The van der Waals surface area contributed by atoms with E-state index in [4.69, 9.17) is 9.15 Å². The van der Waals surface area contributed by atoms with E-state index in [1.54, 1.807) is 30.3 Å². The molecule has 0 radical (unpaired) electrons. The van der Waals surface area contributed by atoms with Gasteiger partial charge < -0.3 is 24.7 Å². The first-order chi connectivity index (χ1) is 16.9. The zero-order valence-corrected chi connectivity index (χ0v) is 19.4. The molecular formula is C25H26N4O6. The number of hydrogen-bond acceptors (Lipinski definition) is 7. The van der Waals surface area contributed by atoms with Crippen molar-refractivity contribution in [1.29, 1.82) is 0 Å². The van der Waals surface area contributed by atoms with Gasteiger partial charge in [0.1, 0.15) is 11.4 Å². The lowest BCUT2D eigenvalue weighted by molar-refractivity contribution is -0.384. The molecule has 35 heavy (non-hydrogen) atoms. The first kappa shape index (κ1) is 23.8. The third-order valence-electron chi connectivity index (χ3n) is 6.01. The van der Waals surface area contributed by atoms with Gasteiger partial charge in [-0.15, -0.1) is 0 Å². The summed E-state index contributed by atoms with van der Waals surface area (Å²) < 4.78 is 10.4. The van der Waals surface area contributed by atoms with Crippen molar-refractivity contribution in [3.63, 3.8) is 0 Å². The van der Waals surface area contributed by atoms with E-state index in [1.807, 2.05) is 4.90 Å². The molecule has 3 aromatic rings. The Morgan fingerprint density at radius 3 is 2.51 bits per heavy atom. The van der Waals surface area contributed by atoms with Gasteiger partial charge in [0.25, 0.3) is 17.5 Å². The molecule has 10 nitrogen and oxygen atoms in total. The predicted molar refractivity (Wildman–Crippen MR) is 131 cm³/mol. The highest BCUT2D eigenvalue weighted by Gasteiger charge is 2.25. The maximum atomic E-state index is 13.0. The molecule has 2 heterocycles. The van der Waals surface area contributed by atoms with Crippen molar-refractivity contribution < 1.29 is 23.7 Å². The zero-order chi connectivity index (χ0) is 24.9. The number of nitrogens with one attached hydrogen (secondary N) is 2. The SMILES string of the molecule is COc1ccc(NC(=O)c2ccco2)cc1NC(=O)c1ccc(N2CCC(C)CC2)c([N+](=O)[O-])c1. The van der Waals surface area contributed by atoms with Crippen molar-refractivity contribution in [3.8, 4) is 5.75 Å². The van der Waals surface area contributed by atoms with E-state index in [9.17, 15) is 19.7 Å². The van der Waals surface area contributed by atoms with Gasteiger partial charge in [0.15, 0.2) is 5.76 Å². The fourth-order valence-electron chi connectivity index (χ4n) is 4.01. The number of rotatable bonds is 7. The Kier molecular flexibility index (Phi) is 7.00. The molecule has 4 rings (SSSR count). The van der Waals surface area contributed by atoms with Crippen LogP contribution < -0.4 is 20.3 Å². The summed E-state index contributed by atoms with van der Waals surface area (Å²) in [5, 5.41) is 17.2. The number of carbonyl (C=O) groups is 2. The summed E-state index contributed by atoms with van der Waals surface area (Å²) in [6.45, 7) is 3.65. The highest BCUT2D eigenvalue weighted by Crippen LogP contribution is 2.33. The molecule has 2 amide bonds. The van der Waals surface area contributed by atoms with Gasteiger partial charge in [0, 0.05) is 30.4 Å². The maximum absolute atomic E-state index is 13.0. The van der Waals surface area contributed by atoms with E-state index in [0.29, 0.717) is 28.7 Å². The number of nitro benzene ring substituents is 1. The molecule has 1 aromatic heterocycles. The number of ether oxygens (including phenoxy) is 1. The second-order valence-electron chi connectivity index (χ2n) is 8.43. The number of anilines is 3. The second kappa shape index (κ2) is 10.3. The van der Waals surface area contributed by atoms with Crippen LogP contribution in [0.2, 0.25) is 0 Å². The van der Waals surface area contributed by atoms with E-state index in [-0.39, 0.29) is 17.0 Å². The standard InChI is InChI=1S/C25H26N4O6/c1-16-9-11-28(12-10-16)20-7-5-17(14-21(20)29(32)33)24(30)27-19-15-18(6-8-22(19)34-2)26-25(31)23-4-3-13-35-23/h3-8,13-16H,9-12H2,1-2H3,(H,26,31)(H,27,30). The normalized spacial score (nSPS) is 13.8. The van der Waals surface area contributed by atoms with Crippen LogP contribution in [0.5, 0.6) is 5.75 Å². The lowest BCUT2D eigenvalue weighted by Crippen LogP contribution is -2.33. The molecule has 0 saturated carbocycles. The van der Waals surface area contributed by atoms with Crippen LogP contribution in [0.15, 0.2) is 59.2 Å². The molecule has 1 aliphatic heterocycles. The first-order valence-corrected chi connectivity index (χ1v) is 11.2. The van der Waals surface area contributed by atoms with Crippen molar-refractivity contribution in [3.05, 3.63) is 76.2 Å². The summed E-state index contributed by atoms with van der Waals surface area (Å²) in [4.78, 5) is 38.6. The smallest absolute Gasteiger partial charge is 0.293 e. The maximum Gasteiger partial charge on any atom is 0.293 e. The quantitative estimate of drug-likeness (QED) is 0.364. The second-order valence-corrected chi connectivity index (χ2v) is 8.43. The molecule has 0 atom stereocenters. The van der Waals surface area contributed by atoms with Crippen LogP contribution in [0.25, 0.3) is 0 Å². The van der Waals surface area contributed by atoms with Gasteiger partial charge in [-0.1, -0.05) is 6.92 Å². The minimum absolute atomic E-state index is 0.112. The minimum Gasteiger partial charge on any atom is -0.495 e. The van der Waals surface area contributed by atoms with Gasteiger partial charge in [0.2, 0.25) is 0 Å². The van der Waals surface area contributed by atoms with Crippen LogP contribution in [-0.2, 0) is 0 Å². The van der Waals surface area contributed by atoms with Crippen molar-refractivity contribution in [2.75, 3.05) is 35.7 Å². The molecule has 182 valence electrons. The lowest BCUT2D eigenvalue weighted by Gasteiger charge is -2.31. The van der Waals surface area contributed by atoms with Crippen LogP contribution in [0.1, 0.15) is 40.7 Å². The van der Waals surface area contributed by atoms with Gasteiger partial charge in [0.05, 0.1) is 24.0 Å². The van der Waals surface area contributed by atoms with Crippen molar-refractivity contribution in [1.82, 2.24) is 0 Å². The van der Waals surface area contributed by atoms with E-state index >= 15 is 0 Å². The molecule has 0 spiro atoms. The monoisotopic (exact) mass is 478 g/mol. The summed E-state index contributed by atoms with van der Waals surface area (Å²) in [5.41, 5.74) is 1.24. The number of benzene rings is 2. The summed E-state index contributed by atoms with van der Waals surface area (Å²) in [6.07, 6.45) is 3.32. The van der Waals surface area contributed by atoms with E-state index in [0.717, 1.165) is 25.9 Å².